The quantitative estimate of drug-likeness (QED) is 0.612. The minimum absolute atomic E-state index is 0.110. The first-order chi connectivity index (χ1) is 8.70. The molecule has 0 fully saturated rings. The Morgan fingerprint density at radius 2 is 1.78 bits per heavy atom. The van der Waals surface area contributed by atoms with Gasteiger partial charge in [0, 0.05) is 18.6 Å². The van der Waals surface area contributed by atoms with Crippen molar-refractivity contribution in [1.29, 1.82) is 0 Å². The minimum Gasteiger partial charge on any atom is -0.496 e. The van der Waals surface area contributed by atoms with Gasteiger partial charge < -0.3 is 4.74 Å². The van der Waals surface area contributed by atoms with Gasteiger partial charge in [0.1, 0.15) is 5.75 Å². The molecular formula is C14H13NO3. The topological polar surface area (TPSA) is 52.4 Å². The number of nitro benzene ring substituents is 1. The van der Waals surface area contributed by atoms with E-state index < -0.39 is 4.92 Å². The number of nitro groups is 1. The third-order valence-electron chi connectivity index (χ3n) is 2.73. The van der Waals surface area contributed by atoms with Gasteiger partial charge >= 0.3 is 0 Å². The van der Waals surface area contributed by atoms with E-state index in [-0.39, 0.29) is 5.69 Å². The molecule has 0 N–H and O–H groups in total. The van der Waals surface area contributed by atoms with Gasteiger partial charge in [-0.15, -0.1) is 0 Å². The van der Waals surface area contributed by atoms with Crippen LogP contribution in [0.5, 0.6) is 5.75 Å². The van der Waals surface area contributed by atoms with Crippen LogP contribution in [0.25, 0.3) is 0 Å². The summed E-state index contributed by atoms with van der Waals surface area (Å²) in [6.07, 6.45) is 0.696. The van der Waals surface area contributed by atoms with Crippen LogP contribution in [0.1, 0.15) is 11.1 Å². The number of non-ortho nitro benzene ring substituents is 1. The molecule has 0 aromatic heterocycles. The lowest BCUT2D eigenvalue weighted by Gasteiger charge is -2.07. The first-order valence-corrected chi connectivity index (χ1v) is 5.56. The standard InChI is InChI=1S/C14H13NO3/c1-18-14-5-3-2-4-12(14)10-11-6-8-13(9-7-11)15(16)17/h2-9H,10H2,1H3. The van der Waals surface area contributed by atoms with E-state index >= 15 is 0 Å². The summed E-state index contributed by atoms with van der Waals surface area (Å²) in [4.78, 5) is 10.2. The number of ether oxygens (including phenoxy) is 1. The van der Waals surface area contributed by atoms with Gasteiger partial charge in [0.25, 0.3) is 5.69 Å². The maximum absolute atomic E-state index is 10.6. The van der Waals surface area contributed by atoms with Crippen molar-refractivity contribution in [3.8, 4) is 5.75 Å². The molecule has 2 rings (SSSR count). The van der Waals surface area contributed by atoms with Crippen molar-refractivity contribution in [2.24, 2.45) is 0 Å². The van der Waals surface area contributed by atoms with Gasteiger partial charge in [0.2, 0.25) is 0 Å². The molecule has 0 bridgehead atoms. The van der Waals surface area contributed by atoms with E-state index in [1.165, 1.54) is 12.1 Å². The van der Waals surface area contributed by atoms with Crippen LogP contribution in [0.15, 0.2) is 48.5 Å². The molecule has 18 heavy (non-hydrogen) atoms. The molecule has 0 unspecified atom stereocenters. The van der Waals surface area contributed by atoms with E-state index in [0.29, 0.717) is 6.42 Å². The highest BCUT2D eigenvalue weighted by Crippen LogP contribution is 2.22. The van der Waals surface area contributed by atoms with E-state index in [2.05, 4.69) is 0 Å². The molecule has 2 aromatic carbocycles. The second-order valence-corrected chi connectivity index (χ2v) is 3.91. The Balaban J connectivity index is 2.21. The molecule has 0 saturated carbocycles. The second kappa shape index (κ2) is 5.31. The van der Waals surface area contributed by atoms with E-state index in [9.17, 15) is 10.1 Å². The third kappa shape index (κ3) is 2.66. The summed E-state index contributed by atoms with van der Waals surface area (Å²) in [5.41, 5.74) is 2.19. The second-order valence-electron chi connectivity index (χ2n) is 3.91. The predicted molar refractivity (Wildman–Crippen MR) is 68.9 cm³/mol. The Labute approximate surface area is 105 Å². The Hall–Kier alpha value is -2.36. The fourth-order valence-electron chi connectivity index (χ4n) is 1.80. The van der Waals surface area contributed by atoms with E-state index in [1.807, 2.05) is 24.3 Å². The summed E-state index contributed by atoms with van der Waals surface area (Å²) in [5.74, 6) is 0.829. The third-order valence-corrected chi connectivity index (χ3v) is 2.73. The number of para-hydroxylation sites is 1. The van der Waals surface area contributed by atoms with Gasteiger partial charge in [-0.05, 0) is 17.2 Å². The maximum atomic E-state index is 10.6. The number of hydrogen-bond acceptors (Lipinski definition) is 3. The van der Waals surface area contributed by atoms with E-state index in [1.54, 1.807) is 19.2 Å². The number of methoxy groups -OCH3 is 1. The maximum Gasteiger partial charge on any atom is 0.269 e. The summed E-state index contributed by atoms with van der Waals surface area (Å²) in [7, 11) is 1.63. The van der Waals surface area contributed by atoms with Crippen LogP contribution in [0.3, 0.4) is 0 Å². The largest absolute Gasteiger partial charge is 0.496 e. The van der Waals surface area contributed by atoms with Gasteiger partial charge in [-0.1, -0.05) is 30.3 Å². The zero-order valence-corrected chi connectivity index (χ0v) is 10.00. The number of benzene rings is 2. The summed E-state index contributed by atoms with van der Waals surface area (Å²) in [5, 5.41) is 10.6. The van der Waals surface area contributed by atoms with Crippen LogP contribution >= 0.6 is 0 Å². The van der Waals surface area contributed by atoms with Crippen LogP contribution in [0, 0.1) is 10.1 Å². The monoisotopic (exact) mass is 243 g/mol. The summed E-state index contributed by atoms with van der Waals surface area (Å²) in [6.45, 7) is 0. The van der Waals surface area contributed by atoms with Crippen molar-refractivity contribution in [2.45, 2.75) is 6.42 Å². The lowest BCUT2D eigenvalue weighted by atomic mass is 10.0. The van der Waals surface area contributed by atoms with Gasteiger partial charge in [0.15, 0.2) is 0 Å². The molecule has 0 heterocycles. The zero-order chi connectivity index (χ0) is 13.0. The molecule has 92 valence electrons. The van der Waals surface area contributed by atoms with Crippen molar-refractivity contribution in [3.63, 3.8) is 0 Å². The smallest absolute Gasteiger partial charge is 0.269 e. The number of hydrogen-bond donors (Lipinski definition) is 0. The Bertz CT molecular complexity index is 549. The molecular weight excluding hydrogens is 230 g/mol. The van der Waals surface area contributed by atoms with Crippen LogP contribution in [0.4, 0.5) is 5.69 Å². The van der Waals surface area contributed by atoms with Crippen molar-refractivity contribution >= 4 is 5.69 Å². The lowest BCUT2D eigenvalue weighted by Crippen LogP contribution is -1.94. The molecule has 0 spiro atoms. The minimum atomic E-state index is -0.396. The molecule has 2 aromatic rings. The molecule has 0 aliphatic heterocycles. The first kappa shape index (κ1) is 12.1. The Kier molecular flexibility index (Phi) is 3.57. The fourth-order valence-corrected chi connectivity index (χ4v) is 1.80. The van der Waals surface area contributed by atoms with Gasteiger partial charge in [-0.25, -0.2) is 0 Å². The highest BCUT2D eigenvalue weighted by Gasteiger charge is 2.06. The molecule has 0 amide bonds. The van der Waals surface area contributed by atoms with Crippen molar-refractivity contribution in [3.05, 3.63) is 69.8 Å². The normalized spacial score (nSPS) is 10.1. The van der Waals surface area contributed by atoms with Crippen molar-refractivity contribution in [2.75, 3.05) is 7.11 Å². The molecule has 4 heteroatoms. The van der Waals surface area contributed by atoms with E-state index in [4.69, 9.17) is 4.74 Å². The average molecular weight is 243 g/mol. The van der Waals surface area contributed by atoms with Crippen LogP contribution in [-0.2, 0) is 6.42 Å². The molecule has 0 aliphatic carbocycles. The Morgan fingerprint density at radius 1 is 1.11 bits per heavy atom. The van der Waals surface area contributed by atoms with E-state index in [0.717, 1.165) is 16.9 Å². The summed E-state index contributed by atoms with van der Waals surface area (Å²) in [6, 6.07) is 14.3. The van der Waals surface area contributed by atoms with Crippen LogP contribution < -0.4 is 4.74 Å². The van der Waals surface area contributed by atoms with Gasteiger partial charge in [0.05, 0.1) is 12.0 Å². The lowest BCUT2D eigenvalue weighted by molar-refractivity contribution is -0.384. The van der Waals surface area contributed by atoms with Crippen LogP contribution in [0.2, 0.25) is 0 Å². The molecule has 0 atom stereocenters. The fraction of sp³-hybridized carbons (Fsp3) is 0.143. The summed E-state index contributed by atoms with van der Waals surface area (Å²) < 4.78 is 5.27. The molecule has 0 aliphatic rings. The molecule has 0 saturated heterocycles. The molecule has 0 radical (unpaired) electrons. The molecule has 4 nitrogen and oxygen atoms in total. The van der Waals surface area contributed by atoms with Crippen molar-refractivity contribution < 1.29 is 9.66 Å². The Morgan fingerprint density at radius 3 is 2.39 bits per heavy atom. The zero-order valence-electron chi connectivity index (χ0n) is 10.00. The van der Waals surface area contributed by atoms with Crippen molar-refractivity contribution in [1.82, 2.24) is 0 Å². The van der Waals surface area contributed by atoms with Crippen LogP contribution in [-0.4, -0.2) is 12.0 Å². The van der Waals surface area contributed by atoms with Gasteiger partial charge in [-0.3, -0.25) is 10.1 Å². The highest BCUT2D eigenvalue weighted by atomic mass is 16.6. The summed E-state index contributed by atoms with van der Waals surface area (Å²) >= 11 is 0. The highest BCUT2D eigenvalue weighted by molar-refractivity contribution is 5.40. The average Bonchev–Trinajstić information content (AvgIpc) is 2.40. The number of nitrogens with zero attached hydrogens (tertiary/aromatic N) is 1. The predicted octanol–water partition coefficient (Wildman–Crippen LogP) is 3.19. The number of rotatable bonds is 4. The first-order valence-electron chi connectivity index (χ1n) is 5.56. The SMILES string of the molecule is COc1ccccc1Cc1ccc([N+](=O)[O-])cc1. The van der Waals surface area contributed by atoms with Gasteiger partial charge in [-0.2, -0.15) is 0 Å².